The Kier molecular flexibility index (Phi) is 3.61. The summed E-state index contributed by atoms with van der Waals surface area (Å²) in [4.78, 5) is 10.1. The van der Waals surface area contributed by atoms with Gasteiger partial charge in [-0.2, -0.15) is 0 Å². The number of rotatable bonds is 3. The van der Waals surface area contributed by atoms with Gasteiger partial charge in [0, 0.05) is 12.1 Å². The first-order chi connectivity index (χ1) is 8.25. The van der Waals surface area contributed by atoms with Gasteiger partial charge in [0.05, 0.1) is 36.9 Å². The first-order valence-electron chi connectivity index (χ1n) is 5.24. The molecule has 90 valence electrons. The number of nitrogens with zero attached hydrogens (tertiary/aromatic N) is 4. The lowest BCUT2D eigenvalue weighted by Crippen LogP contribution is -2.31. The Morgan fingerprint density at radius 3 is 2.82 bits per heavy atom. The SMILES string of the molecule is O=[N+]([O-])c1cccc(N=NN2CCOCC2)c1. The van der Waals surface area contributed by atoms with Crippen molar-refractivity contribution in [3.63, 3.8) is 0 Å². The van der Waals surface area contributed by atoms with Crippen molar-refractivity contribution < 1.29 is 9.66 Å². The second kappa shape index (κ2) is 5.35. The van der Waals surface area contributed by atoms with Crippen LogP contribution in [0.1, 0.15) is 0 Å². The molecule has 1 fully saturated rings. The topological polar surface area (TPSA) is 80.3 Å². The Labute approximate surface area is 97.8 Å². The average molecular weight is 236 g/mol. The third-order valence-electron chi connectivity index (χ3n) is 2.31. The van der Waals surface area contributed by atoms with E-state index in [-0.39, 0.29) is 5.69 Å². The quantitative estimate of drug-likeness (QED) is 0.456. The van der Waals surface area contributed by atoms with Crippen LogP contribution in [0.15, 0.2) is 34.6 Å². The number of benzene rings is 1. The van der Waals surface area contributed by atoms with E-state index in [4.69, 9.17) is 4.74 Å². The van der Waals surface area contributed by atoms with E-state index < -0.39 is 4.92 Å². The smallest absolute Gasteiger partial charge is 0.271 e. The zero-order chi connectivity index (χ0) is 12.1. The highest BCUT2D eigenvalue weighted by atomic mass is 16.6. The minimum Gasteiger partial charge on any atom is -0.378 e. The van der Waals surface area contributed by atoms with Crippen molar-refractivity contribution in [3.8, 4) is 0 Å². The maximum Gasteiger partial charge on any atom is 0.271 e. The fourth-order valence-electron chi connectivity index (χ4n) is 1.43. The number of nitro benzene ring substituents is 1. The van der Waals surface area contributed by atoms with E-state index in [9.17, 15) is 10.1 Å². The van der Waals surface area contributed by atoms with Crippen LogP contribution in [0.2, 0.25) is 0 Å². The van der Waals surface area contributed by atoms with E-state index in [0.29, 0.717) is 32.0 Å². The fraction of sp³-hybridized carbons (Fsp3) is 0.400. The third kappa shape index (κ3) is 3.22. The van der Waals surface area contributed by atoms with Gasteiger partial charge >= 0.3 is 0 Å². The van der Waals surface area contributed by atoms with Crippen molar-refractivity contribution in [1.82, 2.24) is 5.01 Å². The summed E-state index contributed by atoms with van der Waals surface area (Å²) in [5.74, 6) is 0. The maximum atomic E-state index is 10.6. The van der Waals surface area contributed by atoms with Crippen LogP contribution >= 0.6 is 0 Å². The average Bonchev–Trinajstić information content (AvgIpc) is 2.38. The summed E-state index contributed by atoms with van der Waals surface area (Å²) in [6.45, 7) is 2.65. The highest BCUT2D eigenvalue weighted by Crippen LogP contribution is 2.20. The van der Waals surface area contributed by atoms with Gasteiger partial charge in [-0.05, 0) is 6.07 Å². The molecule has 0 bridgehead atoms. The molecule has 0 spiro atoms. The second-order valence-electron chi connectivity index (χ2n) is 3.53. The standard InChI is InChI=1S/C10H12N4O3/c15-14(16)10-3-1-2-9(8-10)11-12-13-4-6-17-7-5-13/h1-3,8H,4-7H2. The van der Waals surface area contributed by atoms with Gasteiger partial charge in [-0.15, -0.1) is 5.11 Å². The number of ether oxygens (including phenoxy) is 1. The van der Waals surface area contributed by atoms with E-state index >= 15 is 0 Å². The molecule has 1 aromatic carbocycles. The molecule has 0 atom stereocenters. The lowest BCUT2D eigenvalue weighted by molar-refractivity contribution is -0.384. The molecule has 0 unspecified atom stereocenters. The van der Waals surface area contributed by atoms with Crippen molar-refractivity contribution in [2.24, 2.45) is 10.3 Å². The van der Waals surface area contributed by atoms with Gasteiger partial charge < -0.3 is 4.74 Å². The van der Waals surface area contributed by atoms with Crippen LogP contribution in [-0.4, -0.2) is 36.2 Å². The van der Waals surface area contributed by atoms with Gasteiger partial charge in [0.15, 0.2) is 0 Å². The second-order valence-corrected chi connectivity index (χ2v) is 3.53. The van der Waals surface area contributed by atoms with Gasteiger partial charge in [0.2, 0.25) is 0 Å². The first kappa shape index (κ1) is 11.5. The number of non-ortho nitro benzene ring substituents is 1. The summed E-state index contributed by atoms with van der Waals surface area (Å²) in [5, 5.41) is 20.3. The highest BCUT2D eigenvalue weighted by Gasteiger charge is 2.08. The molecule has 1 saturated heterocycles. The minimum absolute atomic E-state index is 0.0171. The summed E-state index contributed by atoms with van der Waals surface area (Å²) in [6, 6.07) is 6.08. The Balaban J connectivity index is 2.04. The van der Waals surface area contributed by atoms with Crippen molar-refractivity contribution in [2.45, 2.75) is 0 Å². The summed E-state index contributed by atoms with van der Waals surface area (Å²) in [5.41, 5.74) is 0.495. The van der Waals surface area contributed by atoms with Gasteiger partial charge in [-0.25, -0.2) is 0 Å². The van der Waals surface area contributed by atoms with Crippen LogP contribution < -0.4 is 0 Å². The molecule has 7 nitrogen and oxygen atoms in total. The Hall–Kier alpha value is -2.02. The molecule has 7 heteroatoms. The van der Waals surface area contributed by atoms with Gasteiger partial charge in [-0.1, -0.05) is 11.3 Å². The molecule has 0 aromatic heterocycles. The van der Waals surface area contributed by atoms with Crippen LogP contribution in [0.3, 0.4) is 0 Å². The Bertz CT molecular complexity index is 429. The van der Waals surface area contributed by atoms with E-state index in [2.05, 4.69) is 10.3 Å². The van der Waals surface area contributed by atoms with E-state index in [0.717, 1.165) is 0 Å². The molecule has 1 aromatic rings. The number of hydrogen-bond acceptors (Lipinski definition) is 5. The molecular formula is C10H12N4O3. The molecule has 0 amide bonds. The van der Waals surface area contributed by atoms with Crippen molar-refractivity contribution in [3.05, 3.63) is 34.4 Å². The molecule has 2 rings (SSSR count). The first-order valence-corrected chi connectivity index (χ1v) is 5.24. The highest BCUT2D eigenvalue weighted by molar-refractivity contribution is 5.45. The van der Waals surface area contributed by atoms with Crippen LogP contribution in [0.4, 0.5) is 11.4 Å². The van der Waals surface area contributed by atoms with Crippen molar-refractivity contribution in [1.29, 1.82) is 0 Å². The van der Waals surface area contributed by atoms with Crippen LogP contribution in [0, 0.1) is 10.1 Å². The number of morpholine rings is 1. The van der Waals surface area contributed by atoms with Crippen LogP contribution in [-0.2, 0) is 4.74 Å². The van der Waals surface area contributed by atoms with E-state index in [1.54, 1.807) is 17.1 Å². The summed E-state index contributed by atoms with van der Waals surface area (Å²) in [6.07, 6.45) is 0. The minimum atomic E-state index is -0.451. The number of nitro groups is 1. The van der Waals surface area contributed by atoms with Crippen LogP contribution in [0.25, 0.3) is 0 Å². The Morgan fingerprint density at radius 2 is 2.12 bits per heavy atom. The summed E-state index contributed by atoms with van der Waals surface area (Å²) in [7, 11) is 0. The largest absolute Gasteiger partial charge is 0.378 e. The molecule has 0 saturated carbocycles. The third-order valence-corrected chi connectivity index (χ3v) is 2.31. The van der Waals surface area contributed by atoms with Gasteiger partial charge in [0.25, 0.3) is 5.69 Å². The predicted molar refractivity (Wildman–Crippen MR) is 60.0 cm³/mol. The molecule has 0 N–H and O–H groups in total. The van der Waals surface area contributed by atoms with E-state index in [1.165, 1.54) is 12.1 Å². The van der Waals surface area contributed by atoms with Crippen molar-refractivity contribution >= 4 is 11.4 Å². The molecule has 17 heavy (non-hydrogen) atoms. The molecule has 1 aliphatic rings. The molecule has 1 aliphatic heterocycles. The zero-order valence-corrected chi connectivity index (χ0v) is 9.15. The summed E-state index contributed by atoms with van der Waals surface area (Å²) < 4.78 is 5.17. The lowest BCUT2D eigenvalue weighted by atomic mass is 10.3. The van der Waals surface area contributed by atoms with Crippen molar-refractivity contribution in [2.75, 3.05) is 26.3 Å². The van der Waals surface area contributed by atoms with E-state index in [1.807, 2.05) is 0 Å². The molecule has 0 aliphatic carbocycles. The monoisotopic (exact) mass is 236 g/mol. The predicted octanol–water partition coefficient (Wildman–Crippen LogP) is 1.93. The van der Waals surface area contributed by atoms with Gasteiger partial charge in [-0.3, -0.25) is 15.1 Å². The molecule has 0 radical (unpaired) electrons. The van der Waals surface area contributed by atoms with Gasteiger partial charge in [0.1, 0.15) is 0 Å². The Morgan fingerprint density at radius 1 is 1.35 bits per heavy atom. The summed E-state index contributed by atoms with van der Waals surface area (Å²) >= 11 is 0. The molecular weight excluding hydrogens is 224 g/mol. The fourth-order valence-corrected chi connectivity index (χ4v) is 1.43. The van der Waals surface area contributed by atoms with Crippen LogP contribution in [0.5, 0.6) is 0 Å². The molecule has 1 heterocycles. The number of hydrogen-bond donors (Lipinski definition) is 0. The zero-order valence-electron chi connectivity index (χ0n) is 9.15. The lowest BCUT2D eigenvalue weighted by Gasteiger charge is -2.22. The normalized spacial score (nSPS) is 16.4. The maximum absolute atomic E-state index is 10.6.